The van der Waals surface area contributed by atoms with Crippen LogP contribution in [0.25, 0.3) is 11.1 Å². The maximum absolute atomic E-state index is 14.9. The molecule has 2 heterocycles. The van der Waals surface area contributed by atoms with Crippen molar-refractivity contribution >= 4 is 11.9 Å². The molecule has 12 heteroatoms. The van der Waals surface area contributed by atoms with Gasteiger partial charge in [-0.15, -0.1) is 0 Å². The lowest BCUT2D eigenvalue weighted by atomic mass is 10.00. The number of hydrogen-bond donors (Lipinski definition) is 3. The summed E-state index contributed by atoms with van der Waals surface area (Å²) in [5.74, 6) is -3.37. The Kier molecular flexibility index (Phi) is 12.5. The molecule has 5 rings (SSSR count). The maximum atomic E-state index is 14.9. The fourth-order valence-electron chi connectivity index (χ4n) is 6.02. The van der Waals surface area contributed by atoms with Crippen LogP contribution in [-0.2, 0) is 24.4 Å². The Hall–Kier alpha value is -3.84. The zero-order valence-electron chi connectivity index (χ0n) is 26.8. The highest BCUT2D eigenvalue weighted by Gasteiger charge is 2.29. The number of rotatable bonds is 8. The minimum absolute atomic E-state index is 0.111. The summed E-state index contributed by atoms with van der Waals surface area (Å²) < 4.78 is 47.5. The quantitative estimate of drug-likeness (QED) is 0.254. The molecule has 2 saturated heterocycles. The Bertz CT molecular complexity index is 1510. The second-order valence-electron chi connectivity index (χ2n) is 12.6. The highest BCUT2D eigenvalue weighted by atomic mass is 19.4. The van der Waals surface area contributed by atoms with E-state index in [2.05, 4.69) is 53.0 Å². The number of halogens is 4. The van der Waals surface area contributed by atoms with Gasteiger partial charge in [0.15, 0.2) is 0 Å². The summed E-state index contributed by atoms with van der Waals surface area (Å²) in [6, 6.07) is 21.7. The Morgan fingerprint density at radius 2 is 1.72 bits per heavy atom. The first kappa shape index (κ1) is 36.0. The van der Waals surface area contributed by atoms with Crippen LogP contribution in [0.2, 0.25) is 0 Å². The predicted molar refractivity (Wildman–Crippen MR) is 170 cm³/mol. The third-order valence-corrected chi connectivity index (χ3v) is 8.45. The van der Waals surface area contributed by atoms with E-state index in [1.807, 2.05) is 36.4 Å². The van der Waals surface area contributed by atoms with Gasteiger partial charge in [0.05, 0.1) is 20.1 Å². The molecule has 0 aliphatic carbocycles. The molecule has 3 aromatic rings. The Morgan fingerprint density at radius 3 is 2.47 bits per heavy atom. The van der Waals surface area contributed by atoms with E-state index in [9.17, 15) is 22.4 Å². The third-order valence-electron chi connectivity index (χ3n) is 8.45. The number of likely N-dealkylation sites (N-methyl/N-ethyl adjacent to an activating group) is 1. The highest BCUT2D eigenvalue weighted by Crippen LogP contribution is 2.26. The van der Waals surface area contributed by atoms with Crippen LogP contribution >= 0.6 is 0 Å². The van der Waals surface area contributed by atoms with E-state index in [1.165, 1.54) is 17.2 Å². The average molecular weight is 658 g/mol. The molecular formula is C35H43F4N5O3. The van der Waals surface area contributed by atoms with Crippen LogP contribution < -0.4 is 21.1 Å². The first-order valence-electron chi connectivity index (χ1n) is 15.8. The van der Waals surface area contributed by atoms with Crippen LogP contribution in [-0.4, -0.2) is 86.3 Å². The highest BCUT2D eigenvalue weighted by molar-refractivity contribution is 5.94. The summed E-state index contributed by atoms with van der Waals surface area (Å²) in [7, 11) is 2.30. The molecule has 47 heavy (non-hydrogen) atoms. The van der Waals surface area contributed by atoms with Crippen molar-refractivity contribution < 1.29 is 36.7 Å². The molecule has 2 aliphatic rings. The molecule has 2 fully saturated rings. The third kappa shape index (κ3) is 11.1. The Balaban J connectivity index is 0.000000644. The Labute approximate surface area is 273 Å². The lowest BCUT2D eigenvalue weighted by molar-refractivity contribution is -0.920. The predicted octanol–water partition coefficient (Wildman–Crippen LogP) is 3.45. The molecule has 0 bridgehead atoms. The van der Waals surface area contributed by atoms with E-state index >= 15 is 0 Å². The largest absolute Gasteiger partial charge is 0.542 e. The monoisotopic (exact) mass is 657 g/mol. The Morgan fingerprint density at radius 1 is 0.979 bits per heavy atom. The van der Waals surface area contributed by atoms with Gasteiger partial charge in [0, 0.05) is 75.0 Å². The number of benzene rings is 3. The van der Waals surface area contributed by atoms with E-state index in [-0.39, 0.29) is 11.7 Å². The van der Waals surface area contributed by atoms with Gasteiger partial charge in [-0.3, -0.25) is 9.69 Å². The van der Waals surface area contributed by atoms with E-state index in [4.69, 9.17) is 9.90 Å². The number of nitrogens with zero attached hydrogens (tertiary/aromatic N) is 2. The number of carboxylic acids is 1. The summed E-state index contributed by atoms with van der Waals surface area (Å²) in [5, 5.41) is 18.8. The van der Waals surface area contributed by atoms with Crippen LogP contribution in [0.3, 0.4) is 0 Å². The fourth-order valence-corrected chi connectivity index (χ4v) is 6.02. The number of carboxylic acid groups (broad SMARTS) is 1. The number of piperazine rings is 1. The zero-order valence-corrected chi connectivity index (χ0v) is 26.8. The summed E-state index contributed by atoms with van der Waals surface area (Å²) in [4.78, 5) is 24.3. The van der Waals surface area contributed by atoms with Crippen molar-refractivity contribution in [2.24, 2.45) is 0 Å². The van der Waals surface area contributed by atoms with Crippen molar-refractivity contribution in [1.29, 1.82) is 0 Å². The molecule has 254 valence electrons. The smallest absolute Gasteiger partial charge is 0.430 e. The molecule has 0 radical (unpaired) electrons. The molecular weight excluding hydrogens is 614 g/mol. The first-order valence-corrected chi connectivity index (χ1v) is 15.8. The molecule has 0 spiro atoms. The van der Waals surface area contributed by atoms with Crippen molar-refractivity contribution in [3.63, 3.8) is 0 Å². The molecule has 0 aromatic heterocycles. The lowest BCUT2D eigenvalue weighted by Crippen LogP contribution is -2.48. The number of quaternary nitrogens is 1. The van der Waals surface area contributed by atoms with E-state index in [0.717, 1.165) is 80.9 Å². The summed E-state index contributed by atoms with van der Waals surface area (Å²) >= 11 is 0. The van der Waals surface area contributed by atoms with Crippen LogP contribution in [0, 0.1) is 5.82 Å². The lowest BCUT2D eigenvalue weighted by Gasteiger charge is -2.33. The molecule has 1 amide bonds. The van der Waals surface area contributed by atoms with Crippen molar-refractivity contribution in [2.75, 3.05) is 52.9 Å². The summed E-state index contributed by atoms with van der Waals surface area (Å²) in [6.45, 7) is 11.6. The SMILES string of the molecule is C[C@H]1CN(Cc2cccc(-c3cc(CNC(=O)c4cccc(C[N+]5(C)CCCNCC5)c4)ccc3F)c2)CCN1.O=C([O-])C(F)(F)F. The van der Waals surface area contributed by atoms with Crippen LogP contribution in [0.4, 0.5) is 17.6 Å². The van der Waals surface area contributed by atoms with E-state index < -0.39 is 12.1 Å². The zero-order chi connectivity index (χ0) is 34.0. The minimum atomic E-state index is -5.19. The van der Waals surface area contributed by atoms with Crippen LogP contribution in [0.5, 0.6) is 0 Å². The van der Waals surface area contributed by atoms with Gasteiger partial charge in [-0.25, -0.2) is 4.39 Å². The fraction of sp³-hybridized carbons (Fsp3) is 0.429. The van der Waals surface area contributed by atoms with Crippen LogP contribution in [0.1, 0.15) is 40.4 Å². The van der Waals surface area contributed by atoms with Gasteiger partial charge in [-0.05, 0) is 53.9 Å². The van der Waals surface area contributed by atoms with Gasteiger partial charge < -0.3 is 30.3 Å². The molecule has 0 saturated carbocycles. The molecule has 3 N–H and O–H groups in total. The van der Waals surface area contributed by atoms with Crippen molar-refractivity contribution in [3.05, 3.63) is 94.8 Å². The first-order chi connectivity index (χ1) is 22.3. The topological polar surface area (TPSA) is 96.5 Å². The van der Waals surface area contributed by atoms with Gasteiger partial charge in [0.25, 0.3) is 5.91 Å². The van der Waals surface area contributed by atoms with Gasteiger partial charge >= 0.3 is 6.18 Å². The average Bonchev–Trinajstić information content (AvgIpc) is 3.24. The van der Waals surface area contributed by atoms with Gasteiger partial charge in [-0.2, -0.15) is 13.2 Å². The molecule has 2 aliphatic heterocycles. The number of carbonyl (C=O) groups is 2. The summed E-state index contributed by atoms with van der Waals surface area (Å²) in [6.07, 6.45) is -4.03. The normalized spacial score (nSPS) is 20.4. The van der Waals surface area contributed by atoms with Gasteiger partial charge in [-0.1, -0.05) is 36.4 Å². The number of alkyl halides is 3. The molecule has 3 aromatic carbocycles. The number of carbonyl (C=O) groups excluding carboxylic acids is 2. The number of nitrogens with one attached hydrogen (secondary N) is 3. The molecule has 1 unspecified atom stereocenters. The van der Waals surface area contributed by atoms with E-state index in [0.29, 0.717) is 23.7 Å². The van der Waals surface area contributed by atoms with Gasteiger partial charge in [0.1, 0.15) is 18.3 Å². The number of amides is 1. The van der Waals surface area contributed by atoms with Crippen LogP contribution in [0.15, 0.2) is 66.7 Å². The number of hydrogen-bond acceptors (Lipinski definition) is 6. The summed E-state index contributed by atoms with van der Waals surface area (Å²) in [5.41, 5.74) is 5.31. The van der Waals surface area contributed by atoms with E-state index in [1.54, 1.807) is 6.07 Å². The standard InChI is InChI=1S/C33H42FN5O.C2HF3O2/c1-25-22-38(15-13-36-25)23-27-6-3-8-29(18-27)31-20-26(10-11-32(31)34)21-37-33(40)30-9-4-7-28(19-30)24-39(2)16-5-12-35-14-17-39;3-2(4,5)1(6)7/h3-4,6-11,18-20,25,35-36H,5,12-17,21-24H2,1-2H3;(H,6,7)/t25-,39?;/m0./s1. The second kappa shape index (κ2) is 16.3. The van der Waals surface area contributed by atoms with Gasteiger partial charge in [0.2, 0.25) is 0 Å². The maximum Gasteiger partial charge on any atom is 0.430 e. The van der Waals surface area contributed by atoms with Crippen molar-refractivity contribution in [2.45, 2.75) is 45.2 Å². The van der Waals surface area contributed by atoms with Crippen molar-refractivity contribution in [1.82, 2.24) is 20.9 Å². The molecule has 2 atom stereocenters. The minimum Gasteiger partial charge on any atom is -0.542 e. The molecule has 8 nitrogen and oxygen atoms in total. The number of aliphatic carboxylic acids is 1. The second-order valence-corrected chi connectivity index (χ2v) is 12.6. The van der Waals surface area contributed by atoms with Crippen molar-refractivity contribution in [3.8, 4) is 11.1 Å².